The van der Waals surface area contributed by atoms with Crippen molar-refractivity contribution in [2.75, 3.05) is 17.3 Å². The first-order valence-electron chi connectivity index (χ1n) is 5.10. The summed E-state index contributed by atoms with van der Waals surface area (Å²) in [6, 6.07) is 0.0992. The maximum absolute atomic E-state index is 11.1. The van der Waals surface area contributed by atoms with E-state index in [0.717, 1.165) is 17.8 Å². The molecule has 4 nitrogen and oxygen atoms in total. The van der Waals surface area contributed by atoms with E-state index >= 15 is 0 Å². The van der Waals surface area contributed by atoms with E-state index in [4.69, 9.17) is 11.6 Å². The number of halogens is 1. The second-order valence-corrected chi connectivity index (χ2v) is 5.47. The van der Waals surface area contributed by atoms with Gasteiger partial charge < -0.3 is 5.32 Å². The third-order valence-corrected chi connectivity index (χ3v) is 3.41. The lowest BCUT2D eigenvalue weighted by Crippen LogP contribution is -2.23. The molecule has 0 aliphatic rings. The molecule has 0 saturated carbocycles. The van der Waals surface area contributed by atoms with Crippen LogP contribution in [0, 0.1) is 0 Å². The van der Waals surface area contributed by atoms with Crippen molar-refractivity contribution in [1.82, 2.24) is 9.97 Å². The van der Waals surface area contributed by atoms with E-state index in [-0.39, 0.29) is 6.04 Å². The number of hydrogen-bond donors (Lipinski definition) is 1. The average molecular weight is 262 g/mol. The summed E-state index contributed by atoms with van der Waals surface area (Å²) in [5.74, 6) is 1.32. The topological polar surface area (TPSA) is 54.9 Å². The zero-order valence-electron chi connectivity index (χ0n) is 9.66. The maximum Gasteiger partial charge on any atom is 0.137 e. The molecule has 0 aliphatic heterocycles. The van der Waals surface area contributed by atoms with Crippen molar-refractivity contribution in [2.45, 2.75) is 26.3 Å². The molecule has 0 bridgehead atoms. The van der Waals surface area contributed by atoms with Crippen LogP contribution in [0.2, 0.25) is 5.15 Å². The first-order valence-corrected chi connectivity index (χ1v) is 7.21. The largest absolute Gasteiger partial charge is 0.366 e. The normalized spacial score (nSPS) is 14.5. The molecule has 1 heterocycles. The summed E-state index contributed by atoms with van der Waals surface area (Å²) in [7, 11) is -0.822. The lowest BCUT2D eigenvalue weighted by molar-refractivity contribution is 0.682. The molecule has 1 aromatic rings. The molecule has 0 radical (unpaired) electrons. The van der Waals surface area contributed by atoms with Crippen LogP contribution in [-0.4, -0.2) is 32.2 Å². The van der Waals surface area contributed by atoms with Crippen LogP contribution in [0.15, 0.2) is 6.33 Å². The minimum absolute atomic E-state index is 0.0992. The number of anilines is 1. The molecule has 2 atom stereocenters. The van der Waals surface area contributed by atoms with E-state index in [1.54, 1.807) is 6.26 Å². The third-order valence-electron chi connectivity index (χ3n) is 2.11. The van der Waals surface area contributed by atoms with Crippen LogP contribution < -0.4 is 5.32 Å². The zero-order chi connectivity index (χ0) is 12.1. The van der Waals surface area contributed by atoms with Crippen molar-refractivity contribution in [3.05, 3.63) is 17.0 Å². The fourth-order valence-electron chi connectivity index (χ4n) is 1.46. The van der Waals surface area contributed by atoms with Crippen molar-refractivity contribution in [1.29, 1.82) is 0 Å². The predicted octanol–water partition coefficient (Wildman–Crippen LogP) is 1.87. The number of aromatic nitrogens is 2. The van der Waals surface area contributed by atoms with Gasteiger partial charge in [0.15, 0.2) is 0 Å². The monoisotopic (exact) mass is 261 g/mol. The summed E-state index contributed by atoms with van der Waals surface area (Å²) in [6.45, 7) is 3.97. The molecule has 0 saturated heterocycles. The quantitative estimate of drug-likeness (QED) is 0.823. The van der Waals surface area contributed by atoms with Crippen molar-refractivity contribution in [3.63, 3.8) is 0 Å². The summed E-state index contributed by atoms with van der Waals surface area (Å²) in [5, 5.41) is 3.68. The number of nitrogens with zero attached hydrogens (tertiary/aromatic N) is 2. The molecule has 0 spiro atoms. The van der Waals surface area contributed by atoms with Crippen LogP contribution in [0.5, 0.6) is 0 Å². The van der Waals surface area contributed by atoms with Gasteiger partial charge >= 0.3 is 0 Å². The molecular weight excluding hydrogens is 246 g/mol. The van der Waals surface area contributed by atoms with E-state index in [0.29, 0.717) is 10.9 Å². The van der Waals surface area contributed by atoms with Crippen LogP contribution in [0.25, 0.3) is 0 Å². The zero-order valence-corrected chi connectivity index (χ0v) is 11.2. The van der Waals surface area contributed by atoms with Crippen molar-refractivity contribution in [3.8, 4) is 0 Å². The summed E-state index contributed by atoms with van der Waals surface area (Å²) in [5.41, 5.74) is 0.901. The second-order valence-electron chi connectivity index (χ2n) is 3.63. The van der Waals surface area contributed by atoms with Gasteiger partial charge in [-0.25, -0.2) is 9.97 Å². The van der Waals surface area contributed by atoms with E-state index in [9.17, 15) is 4.21 Å². The molecule has 6 heteroatoms. The van der Waals surface area contributed by atoms with Crippen LogP contribution >= 0.6 is 11.6 Å². The Hall–Kier alpha value is -0.680. The fourth-order valence-corrected chi connectivity index (χ4v) is 2.51. The SMILES string of the molecule is CCc1c(Cl)ncnc1NC(C)CS(C)=O. The van der Waals surface area contributed by atoms with E-state index in [1.165, 1.54) is 6.33 Å². The Morgan fingerprint density at radius 1 is 1.56 bits per heavy atom. The van der Waals surface area contributed by atoms with Crippen LogP contribution in [0.1, 0.15) is 19.4 Å². The Labute approximate surface area is 103 Å². The highest BCUT2D eigenvalue weighted by Crippen LogP contribution is 2.20. The molecule has 1 rings (SSSR count). The molecule has 0 fully saturated rings. The Bertz CT molecular complexity index is 386. The molecule has 0 amide bonds. The van der Waals surface area contributed by atoms with Crippen molar-refractivity contribution >= 4 is 28.2 Å². The molecular formula is C10H16ClN3OS. The van der Waals surface area contributed by atoms with Gasteiger partial charge in [0.2, 0.25) is 0 Å². The van der Waals surface area contributed by atoms with Gasteiger partial charge in [0.05, 0.1) is 0 Å². The standard InChI is InChI=1S/C10H16ClN3OS/c1-4-8-9(11)12-6-13-10(8)14-7(2)5-16(3)15/h6-7H,4-5H2,1-3H3,(H,12,13,14). The van der Waals surface area contributed by atoms with Gasteiger partial charge in [-0.2, -0.15) is 0 Å². The lowest BCUT2D eigenvalue weighted by Gasteiger charge is -2.15. The van der Waals surface area contributed by atoms with Gasteiger partial charge in [-0.15, -0.1) is 0 Å². The minimum atomic E-state index is -0.822. The van der Waals surface area contributed by atoms with Gasteiger partial charge in [-0.05, 0) is 13.3 Å². The Kier molecular flexibility index (Phi) is 5.15. The van der Waals surface area contributed by atoms with Gasteiger partial charge in [-0.1, -0.05) is 18.5 Å². The number of nitrogens with one attached hydrogen (secondary N) is 1. The summed E-state index contributed by atoms with van der Waals surface area (Å²) >= 11 is 5.97. The lowest BCUT2D eigenvalue weighted by atomic mass is 10.2. The highest BCUT2D eigenvalue weighted by Gasteiger charge is 2.11. The Morgan fingerprint density at radius 2 is 2.25 bits per heavy atom. The predicted molar refractivity (Wildman–Crippen MR) is 68.4 cm³/mol. The fraction of sp³-hybridized carbons (Fsp3) is 0.600. The van der Waals surface area contributed by atoms with Crippen LogP contribution in [-0.2, 0) is 17.2 Å². The minimum Gasteiger partial charge on any atom is -0.366 e. The summed E-state index contributed by atoms with van der Waals surface area (Å²) in [6.07, 6.45) is 3.88. The highest BCUT2D eigenvalue weighted by molar-refractivity contribution is 7.84. The first kappa shape index (κ1) is 13.4. The second kappa shape index (κ2) is 6.15. The number of rotatable bonds is 5. The number of hydrogen-bond acceptors (Lipinski definition) is 4. The molecule has 2 unspecified atom stereocenters. The van der Waals surface area contributed by atoms with Gasteiger partial charge in [0, 0.05) is 34.4 Å². The summed E-state index contributed by atoms with van der Waals surface area (Å²) < 4.78 is 11.1. The van der Waals surface area contributed by atoms with Gasteiger partial charge in [-0.3, -0.25) is 4.21 Å². The molecule has 16 heavy (non-hydrogen) atoms. The van der Waals surface area contributed by atoms with Gasteiger partial charge in [0.25, 0.3) is 0 Å². The molecule has 0 aliphatic carbocycles. The van der Waals surface area contributed by atoms with Crippen molar-refractivity contribution < 1.29 is 4.21 Å². The molecule has 90 valence electrons. The third kappa shape index (κ3) is 3.72. The average Bonchev–Trinajstić information content (AvgIpc) is 2.16. The Morgan fingerprint density at radius 3 is 2.81 bits per heavy atom. The molecule has 0 aromatic carbocycles. The van der Waals surface area contributed by atoms with Crippen LogP contribution in [0.4, 0.5) is 5.82 Å². The highest BCUT2D eigenvalue weighted by atomic mass is 35.5. The molecule has 1 N–H and O–H groups in total. The van der Waals surface area contributed by atoms with E-state index < -0.39 is 10.8 Å². The maximum atomic E-state index is 11.1. The first-order chi connectivity index (χ1) is 7.54. The van der Waals surface area contributed by atoms with Crippen molar-refractivity contribution in [2.24, 2.45) is 0 Å². The Balaban J connectivity index is 2.80. The van der Waals surface area contributed by atoms with Gasteiger partial charge in [0.1, 0.15) is 17.3 Å². The smallest absolute Gasteiger partial charge is 0.137 e. The molecule has 1 aromatic heterocycles. The van der Waals surface area contributed by atoms with Crippen LogP contribution in [0.3, 0.4) is 0 Å². The van der Waals surface area contributed by atoms with E-state index in [1.807, 2.05) is 13.8 Å². The van der Waals surface area contributed by atoms with E-state index in [2.05, 4.69) is 15.3 Å². The summed E-state index contributed by atoms with van der Waals surface area (Å²) in [4.78, 5) is 8.09.